The molecule has 0 aromatic heterocycles. The molecule has 0 spiro atoms. The fourth-order valence-corrected chi connectivity index (χ4v) is 5.56. The van der Waals surface area contributed by atoms with Gasteiger partial charge in [-0.05, 0) is 79.1 Å². The van der Waals surface area contributed by atoms with Crippen LogP contribution in [0.1, 0.15) is 55.6 Å². The van der Waals surface area contributed by atoms with Gasteiger partial charge in [0.2, 0.25) is 5.91 Å². The van der Waals surface area contributed by atoms with Crippen LogP contribution in [0.4, 0.5) is 0 Å². The van der Waals surface area contributed by atoms with Crippen molar-refractivity contribution in [3.05, 3.63) is 77.9 Å². The second-order valence-electron chi connectivity index (χ2n) is 10.4. The molecule has 0 atom stereocenters. The van der Waals surface area contributed by atoms with E-state index in [-0.39, 0.29) is 24.7 Å². The Morgan fingerprint density at radius 1 is 0.973 bits per heavy atom. The highest BCUT2D eigenvalue weighted by Gasteiger charge is 2.25. The number of carbonyl (C=O) groups is 1. The molecule has 5 rings (SSSR count). The number of nitrogens with two attached hydrogens (primary N) is 1. The lowest BCUT2D eigenvalue weighted by Crippen LogP contribution is -2.35. The molecule has 1 aliphatic carbocycles. The summed E-state index contributed by atoms with van der Waals surface area (Å²) in [7, 11) is 0. The predicted molar refractivity (Wildman–Crippen MR) is 145 cm³/mol. The number of fused-ring (bicyclic) bond motifs is 1. The third kappa shape index (κ3) is 7.10. The van der Waals surface area contributed by atoms with E-state index in [1.165, 1.54) is 34.7 Å². The summed E-state index contributed by atoms with van der Waals surface area (Å²) in [5.41, 5.74) is 7.91. The first-order valence-corrected chi connectivity index (χ1v) is 13.6. The van der Waals surface area contributed by atoms with E-state index in [0.29, 0.717) is 25.9 Å². The van der Waals surface area contributed by atoms with Crippen molar-refractivity contribution in [1.29, 1.82) is 0 Å². The number of primary amides is 1. The molecule has 1 saturated carbocycles. The molecule has 1 amide bonds. The molecule has 0 bridgehead atoms. The molecule has 3 aromatic rings. The van der Waals surface area contributed by atoms with Gasteiger partial charge in [0.1, 0.15) is 5.75 Å². The maximum atomic E-state index is 11.5. The van der Waals surface area contributed by atoms with Crippen LogP contribution in [0.2, 0.25) is 0 Å². The smallest absolute Gasteiger partial charge is 0.231 e. The lowest BCUT2D eigenvalue weighted by atomic mass is 9.94. The van der Waals surface area contributed by atoms with Crippen molar-refractivity contribution in [2.45, 2.75) is 63.4 Å². The molecule has 1 aliphatic heterocycles. The summed E-state index contributed by atoms with van der Waals surface area (Å²) in [4.78, 5) is 13.6. The Labute approximate surface area is 219 Å². The average molecular weight is 503 g/mol. The quantitative estimate of drug-likeness (QED) is 0.381. The number of ether oxygens (including phenoxy) is 3. The van der Waals surface area contributed by atoms with E-state index in [4.69, 9.17) is 19.9 Å². The minimum absolute atomic E-state index is 0.200. The molecule has 196 valence electrons. The van der Waals surface area contributed by atoms with Gasteiger partial charge in [-0.2, -0.15) is 0 Å². The van der Waals surface area contributed by atoms with Crippen LogP contribution >= 0.6 is 0 Å². The van der Waals surface area contributed by atoms with E-state index in [1.807, 2.05) is 18.2 Å². The number of rotatable bonds is 11. The predicted octanol–water partition coefficient (Wildman–Crippen LogP) is 5.39. The number of hydrogen-bond donors (Lipinski definition) is 1. The van der Waals surface area contributed by atoms with E-state index in [0.717, 1.165) is 38.0 Å². The molecule has 2 aliphatic rings. The highest BCUT2D eigenvalue weighted by Crippen LogP contribution is 2.33. The zero-order valence-electron chi connectivity index (χ0n) is 21.5. The lowest BCUT2D eigenvalue weighted by Gasteiger charge is -2.31. The average Bonchev–Trinajstić information content (AvgIpc) is 3.42. The summed E-state index contributed by atoms with van der Waals surface area (Å²) in [5, 5.41) is 2.43. The SMILES string of the molecule is NC(=O)CN(CCCC1OCC(c2cccc3cc(OC4CCCC4)ccc23)CO1)Cc1ccccc1. The number of hydrogen-bond acceptors (Lipinski definition) is 5. The Morgan fingerprint density at radius 2 is 1.76 bits per heavy atom. The zero-order chi connectivity index (χ0) is 25.5. The monoisotopic (exact) mass is 502 g/mol. The van der Waals surface area contributed by atoms with Crippen LogP contribution in [0, 0.1) is 0 Å². The van der Waals surface area contributed by atoms with Crippen molar-refractivity contribution in [1.82, 2.24) is 4.90 Å². The second kappa shape index (κ2) is 12.5. The van der Waals surface area contributed by atoms with Gasteiger partial charge in [-0.15, -0.1) is 0 Å². The number of carbonyl (C=O) groups excluding carboxylic acids is 1. The normalized spacial score (nSPS) is 20.5. The summed E-state index contributed by atoms with van der Waals surface area (Å²) >= 11 is 0. The number of nitrogens with zero attached hydrogens (tertiary/aromatic N) is 1. The molecular weight excluding hydrogens is 464 g/mol. The maximum absolute atomic E-state index is 11.5. The van der Waals surface area contributed by atoms with Crippen molar-refractivity contribution < 1.29 is 19.0 Å². The van der Waals surface area contributed by atoms with Gasteiger partial charge in [0.05, 0.1) is 25.9 Å². The minimum Gasteiger partial charge on any atom is -0.490 e. The first-order chi connectivity index (χ1) is 18.1. The highest BCUT2D eigenvalue weighted by molar-refractivity contribution is 5.87. The maximum Gasteiger partial charge on any atom is 0.231 e. The lowest BCUT2D eigenvalue weighted by molar-refractivity contribution is -0.190. The Morgan fingerprint density at radius 3 is 2.51 bits per heavy atom. The molecule has 37 heavy (non-hydrogen) atoms. The van der Waals surface area contributed by atoms with Gasteiger partial charge in [0.25, 0.3) is 0 Å². The van der Waals surface area contributed by atoms with Crippen LogP contribution in [-0.2, 0) is 20.8 Å². The molecule has 2 fully saturated rings. The summed E-state index contributed by atoms with van der Waals surface area (Å²) in [5.74, 6) is 0.854. The third-order valence-corrected chi connectivity index (χ3v) is 7.44. The van der Waals surface area contributed by atoms with Crippen LogP contribution in [0.5, 0.6) is 5.75 Å². The van der Waals surface area contributed by atoms with E-state index >= 15 is 0 Å². The van der Waals surface area contributed by atoms with Gasteiger partial charge in [-0.25, -0.2) is 0 Å². The minimum atomic E-state index is -0.309. The third-order valence-electron chi connectivity index (χ3n) is 7.44. The van der Waals surface area contributed by atoms with Crippen molar-refractivity contribution in [2.75, 3.05) is 26.3 Å². The molecular formula is C31H38N2O4. The number of amides is 1. The topological polar surface area (TPSA) is 74.0 Å². The van der Waals surface area contributed by atoms with Gasteiger partial charge >= 0.3 is 0 Å². The zero-order valence-corrected chi connectivity index (χ0v) is 21.5. The van der Waals surface area contributed by atoms with E-state index in [2.05, 4.69) is 53.4 Å². The Balaban J connectivity index is 1.12. The molecule has 1 saturated heterocycles. The molecule has 3 aromatic carbocycles. The Bertz CT molecular complexity index is 1150. The van der Waals surface area contributed by atoms with Gasteiger partial charge in [0.15, 0.2) is 6.29 Å². The first kappa shape index (κ1) is 25.7. The van der Waals surface area contributed by atoms with E-state index in [9.17, 15) is 4.79 Å². The van der Waals surface area contributed by atoms with Gasteiger partial charge in [-0.3, -0.25) is 9.69 Å². The van der Waals surface area contributed by atoms with Crippen molar-refractivity contribution in [3.63, 3.8) is 0 Å². The Kier molecular flexibility index (Phi) is 8.72. The molecule has 0 radical (unpaired) electrons. The van der Waals surface area contributed by atoms with Gasteiger partial charge in [-0.1, -0.05) is 54.6 Å². The van der Waals surface area contributed by atoms with Crippen LogP contribution in [-0.4, -0.2) is 49.5 Å². The number of benzene rings is 3. The second-order valence-corrected chi connectivity index (χ2v) is 10.4. The standard InChI is InChI=1S/C31H38N2O4/c32-30(34)20-33(19-23-8-2-1-3-9-23)17-7-14-31-35-21-25(22-36-31)28-13-6-10-24-18-27(15-16-29(24)28)37-26-11-4-5-12-26/h1-3,6,8-10,13,15-16,18,25-26,31H,4-5,7,11-12,14,17,19-22H2,(H2,32,34). The molecule has 6 nitrogen and oxygen atoms in total. The van der Waals surface area contributed by atoms with Crippen LogP contribution in [0.3, 0.4) is 0 Å². The summed E-state index contributed by atoms with van der Waals surface area (Å²) in [6.45, 7) is 2.99. The molecule has 2 N–H and O–H groups in total. The van der Waals surface area contributed by atoms with E-state index < -0.39 is 0 Å². The van der Waals surface area contributed by atoms with E-state index in [1.54, 1.807) is 0 Å². The van der Waals surface area contributed by atoms with Crippen molar-refractivity contribution in [3.8, 4) is 5.75 Å². The van der Waals surface area contributed by atoms with Gasteiger partial charge in [0, 0.05) is 12.5 Å². The molecule has 1 heterocycles. The largest absolute Gasteiger partial charge is 0.490 e. The van der Waals surface area contributed by atoms with Crippen LogP contribution in [0.25, 0.3) is 10.8 Å². The fraction of sp³-hybridized carbons (Fsp3) is 0.452. The highest BCUT2D eigenvalue weighted by atomic mass is 16.7. The van der Waals surface area contributed by atoms with Gasteiger partial charge < -0.3 is 19.9 Å². The summed E-state index contributed by atoms with van der Waals surface area (Å²) < 4.78 is 18.5. The van der Waals surface area contributed by atoms with Crippen LogP contribution in [0.15, 0.2) is 66.7 Å². The first-order valence-electron chi connectivity index (χ1n) is 13.6. The van der Waals surface area contributed by atoms with Crippen molar-refractivity contribution >= 4 is 16.7 Å². The summed E-state index contributed by atoms with van der Waals surface area (Å²) in [6, 6.07) is 23.1. The van der Waals surface area contributed by atoms with Crippen LogP contribution < -0.4 is 10.5 Å². The molecule has 0 unspecified atom stereocenters. The van der Waals surface area contributed by atoms with Crippen molar-refractivity contribution in [2.24, 2.45) is 5.73 Å². The summed E-state index contributed by atoms with van der Waals surface area (Å²) in [6.07, 6.45) is 6.65. The Hall–Kier alpha value is -2.93. The molecule has 6 heteroatoms. The fourth-order valence-electron chi connectivity index (χ4n) is 5.56.